The quantitative estimate of drug-likeness (QED) is 0.799. The average molecular weight is 317 g/mol. The van der Waals surface area contributed by atoms with Gasteiger partial charge in [0.25, 0.3) is 5.91 Å². The summed E-state index contributed by atoms with van der Waals surface area (Å²) in [6.45, 7) is 4.48. The number of aryl methyl sites for hydroxylation is 2. The Balaban J connectivity index is 1.68. The van der Waals surface area contributed by atoms with Crippen LogP contribution in [0, 0.1) is 19.7 Å². The smallest absolute Gasteiger partial charge is 0.258 e. The van der Waals surface area contributed by atoms with Crippen molar-refractivity contribution in [3.8, 4) is 11.5 Å². The summed E-state index contributed by atoms with van der Waals surface area (Å²) in [6.07, 6.45) is 0. The van der Waals surface area contributed by atoms with Gasteiger partial charge in [-0.15, -0.1) is 0 Å². The van der Waals surface area contributed by atoms with Gasteiger partial charge in [-0.1, -0.05) is 18.2 Å². The molecule has 122 valence electrons. The molecule has 0 aliphatic carbocycles. The number of carbonyl (C=O) groups is 1. The Bertz CT molecular complexity index is 653. The van der Waals surface area contributed by atoms with Crippen molar-refractivity contribution < 1.29 is 18.7 Å². The normalized spacial score (nSPS) is 10.2. The minimum atomic E-state index is -0.488. The lowest BCUT2D eigenvalue weighted by molar-refractivity contribution is -0.123. The number of halogens is 1. The van der Waals surface area contributed by atoms with Crippen LogP contribution in [0.5, 0.6) is 11.5 Å². The van der Waals surface area contributed by atoms with E-state index in [1.54, 1.807) is 12.1 Å². The number of rotatable bonds is 7. The molecule has 0 heterocycles. The molecular formula is C18H20FNO3. The summed E-state index contributed by atoms with van der Waals surface area (Å²) < 4.78 is 24.0. The molecule has 1 amide bonds. The zero-order valence-corrected chi connectivity index (χ0v) is 13.3. The predicted octanol–water partition coefficient (Wildman–Crippen LogP) is 3.02. The van der Waals surface area contributed by atoms with Crippen molar-refractivity contribution >= 4 is 5.91 Å². The first-order chi connectivity index (χ1) is 11.0. The van der Waals surface area contributed by atoms with Crippen LogP contribution in [0.4, 0.5) is 4.39 Å². The van der Waals surface area contributed by atoms with Crippen LogP contribution in [-0.2, 0) is 4.79 Å². The molecule has 2 aromatic carbocycles. The topological polar surface area (TPSA) is 47.6 Å². The van der Waals surface area contributed by atoms with Crippen molar-refractivity contribution in [2.75, 3.05) is 19.8 Å². The Morgan fingerprint density at radius 2 is 1.78 bits per heavy atom. The Kier molecular flexibility index (Phi) is 5.97. The van der Waals surface area contributed by atoms with E-state index in [4.69, 9.17) is 9.47 Å². The van der Waals surface area contributed by atoms with Crippen molar-refractivity contribution in [2.24, 2.45) is 0 Å². The molecule has 0 saturated carbocycles. The van der Waals surface area contributed by atoms with Crippen LogP contribution in [-0.4, -0.2) is 25.7 Å². The van der Waals surface area contributed by atoms with Crippen LogP contribution in [0.15, 0.2) is 42.5 Å². The Morgan fingerprint density at radius 3 is 2.48 bits per heavy atom. The van der Waals surface area contributed by atoms with Crippen LogP contribution in [0.1, 0.15) is 11.1 Å². The molecule has 0 spiro atoms. The summed E-state index contributed by atoms with van der Waals surface area (Å²) in [5.74, 6) is 0.0317. The monoisotopic (exact) mass is 317 g/mol. The van der Waals surface area contributed by atoms with Crippen LogP contribution < -0.4 is 14.8 Å². The highest BCUT2D eigenvalue weighted by molar-refractivity contribution is 5.77. The molecule has 4 nitrogen and oxygen atoms in total. The molecule has 0 aliphatic rings. The summed E-state index contributed by atoms with van der Waals surface area (Å²) in [6, 6.07) is 11.9. The largest absolute Gasteiger partial charge is 0.492 e. The average Bonchev–Trinajstić information content (AvgIpc) is 2.50. The highest BCUT2D eigenvalue weighted by atomic mass is 19.1. The predicted molar refractivity (Wildman–Crippen MR) is 86.3 cm³/mol. The summed E-state index contributed by atoms with van der Waals surface area (Å²) in [5, 5.41) is 2.66. The van der Waals surface area contributed by atoms with E-state index in [9.17, 15) is 9.18 Å². The zero-order valence-electron chi connectivity index (χ0n) is 13.3. The van der Waals surface area contributed by atoms with Gasteiger partial charge in [-0.2, -0.15) is 0 Å². The number of nitrogens with one attached hydrogen (secondary N) is 1. The van der Waals surface area contributed by atoms with E-state index in [1.165, 1.54) is 12.1 Å². The lowest BCUT2D eigenvalue weighted by Gasteiger charge is -2.10. The van der Waals surface area contributed by atoms with Gasteiger partial charge in [-0.05, 0) is 49.2 Å². The molecule has 23 heavy (non-hydrogen) atoms. The number of para-hydroxylation sites is 1. The van der Waals surface area contributed by atoms with Crippen molar-refractivity contribution in [1.29, 1.82) is 0 Å². The van der Waals surface area contributed by atoms with E-state index in [0.717, 1.165) is 16.9 Å². The molecule has 0 bridgehead atoms. The summed E-state index contributed by atoms with van der Waals surface area (Å²) in [7, 11) is 0. The van der Waals surface area contributed by atoms with Crippen LogP contribution in [0.25, 0.3) is 0 Å². The van der Waals surface area contributed by atoms with Gasteiger partial charge in [0.15, 0.2) is 18.2 Å². The van der Waals surface area contributed by atoms with Crippen LogP contribution in [0.3, 0.4) is 0 Å². The Hall–Kier alpha value is -2.56. The number of carbonyl (C=O) groups excluding carboxylic acids is 1. The second-order valence-electron chi connectivity index (χ2n) is 5.24. The van der Waals surface area contributed by atoms with Gasteiger partial charge in [-0.3, -0.25) is 4.79 Å². The molecular weight excluding hydrogens is 297 g/mol. The van der Waals surface area contributed by atoms with Crippen molar-refractivity contribution in [3.63, 3.8) is 0 Å². The summed E-state index contributed by atoms with van der Waals surface area (Å²) in [4.78, 5) is 11.6. The minimum Gasteiger partial charge on any atom is -0.492 e. The van der Waals surface area contributed by atoms with Crippen LogP contribution in [0.2, 0.25) is 0 Å². The minimum absolute atomic E-state index is 0.0640. The fourth-order valence-corrected chi connectivity index (χ4v) is 2.13. The van der Waals surface area contributed by atoms with Gasteiger partial charge in [0.2, 0.25) is 0 Å². The van der Waals surface area contributed by atoms with Gasteiger partial charge in [-0.25, -0.2) is 4.39 Å². The number of hydrogen-bond donors (Lipinski definition) is 1. The van der Waals surface area contributed by atoms with Crippen molar-refractivity contribution in [3.05, 3.63) is 59.4 Å². The Morgan fingerprint density at radius 1 is 1.09 bits per heavy atom. The first kappa shape index (κ1) is 16.8. The summed E-state index contributed by atoms with van der Waals surface area (Å²) in [5.41, 5.74) is 2.25. The molecule has 0 aliphatic heterocycles. The lowest BCUT2D eigenvalue weighted by atomic mass is 10.1. The molecule has 0 fully saturated rings. The van der Waals surface area contributed by atoms with Crippen molar-refractivity contribution in [1.82, 2.24) is 5.32 Å². The molecule has 0 aromatic heterocycles. The van der Waals surface area contributed by atoms with Gasteiger partial charge in [0, 0.05) is 0 Å². The number of hydrogen-bond acceptors (Lipinski definition) is 3. The first-order valence-electron chi connectivity index (χ1n) is 7.40. The second-order valence-corrected chi connectivity index (χ2v) is 5.24. The zero-order chi connectivity index (χ0) is 16.7. The molecule has 2 rings (SSSR count). The van der Waals surface area contributed by atoms with E-state index < -0.39 is 5.82 Å². The van der Waals surface area contributed by atoms with E-state index in [-0.39, 0.29) is 18.3 Å². The highest BCUT2D eigenvalue weighted by Crippen LogP contribution is 2.16. The fourth-order valence-electron chi connectivity index (χ4n) is 2.13. The maximum absolute atomic E-state index is 13.3. The van der Waals surface area contributed by atoms with E-state index >= 15 is 0 Å². The second kappa shape index (κ2) is 8.17. The molecule has 1 N–H and O–H groups in total. The molecule has 0 atom stereocenters. The maximum atomic E-state index is 13.3. The maximum Gasteiger partial charge on any atom is 0.258 e. The summed E-state index contributed by atoms with van der Waals surface area (Å²) >= 11 is 0. The highest BCUT2D eigenvalue weighted by Gasteiger charge is 2.06. The van der Waals surface area contributed by atoms with E-state index in [2.05, 4.69) is 11.4 Å². The molecule has 0 unspecified atom stereocenters. The van der Waals surface area contributed by atoms with Gasteiger partial charge < -0.3 is 14.8 Å². The molecule has 2 aromatic rings. The Labute approximate surface area is 135 Å². The first-order valence-corrected chi connectivity index (χ1v) is 7.40. The molecule has 5 heteroatoms. The van der Waals surface area contributed by atoms with E-state index in [0.29, 0.717) is 13.2 Å². The number of ether oxygens (including phenoxy) is 2. The third-order valence-electron chi connectivity index (χ3n) is 3.08. The third-order valence-corrected chi connectivity index (χ3v) is 3.08. The van der Waals surface area contributed by atoms with Gasteiger partial charge >= 0.3 is 0 Å². The number of benzene rings is 2. The standard InChI is InChI=1S/C18H20FNO3/c1-13-9-14(2)11-15(10-13)22-8-7-20-18(21)12-23-17-6-4-3-5-16(17)19/h3-6,9-11H,7-8,12H2,1-2H3,(H,20,21). The van der Waals surface area contributed by atoms with Crippen LogP contribution >= 0.6 is 0 Å². The third kappa shape index (κ3) is 5.62. The van der Waals surface area contributed by atoms with Gasteiger partial charge in [0.1, 0.15) is 12.4 Å². The lowest BCUT2D eigenvalue weighted by Crippen LogP contribution is -2.32. The SMILES string of the molecule is Cc1cc(C)cc(OCCNC(=O)COc2ccccc2F)c1. The van der Waals surface area contributed by atoms with E-state index in [1.807, 2.05) is 26.0 Å². The fraction of sp³-hybridized carbons (Fsp3) is 0.278. The van der Waals surface area contributed by atoms with Gasteiger partial charge in [0.05, 0.1) is 6.54 Å². The molecule has 0 radical (unpaired) electrons. The molecule has 0 saturated heterocycles. The van der Waals surface area contributed by atoms with Crippen molar-refractivity contribution in [2.45, 2.75) is 13.8 Å². The number of amides is 1.